The summed E-state index contributed by atoms with van der Waals surface area (Å²) in [5, 5.41) is 22.6. The standard InChI is InChI=1S/C53H52ClN9O7S.H2S/c1-32-33(2)71-53-48(32)49(35-9-12-38(54)13-10-35)59-44(51-62-61-34(3)63(51)53)31-47(65)56-40-14-16-41(17-15-40)70-28-27-69-26-25-68-24-23-67-22-21-55-45-20-18-42(36-11-19-43-37(29-36)30-46(64)58-43)50(60-45)52(66)57-39-7-5-4-6-8-39;/h4-20,29,44H,21-28,30-31H2,1-3H3,(H,55,60)(H,56,65)(H,57,66)(H,58,64);1H2/t44-;/m0./s1. The molecule has 1 atom stereocenters. The van der Waals surface area contributed by atoms with Gasteiger partial charge in [-0.15, -0.1) is 21.5 Å². The summed E-state index contributed by atoms with van der Waals surface area (Å²) < 4.78 is 25.0. The Morgan fingerprint density at radius 1 is 0.792 bits per heavy atom. The topological polar surface area (TPSA) is 192 Å². The molecule has 0 radical (unpaired) electrons. The number of benzene rings is 4. The lowest BCUT2D eigenvalue weighted by Gasteiger charge is -2.14. The SMILES string of the molecule is Cc1sc2c(c1C)C(c1ccc(Cl)cc1)=N[C@@H](CC(=O)Nc1ccc(OCCOCCOCCOCCNc3ccc(-c4ccc5c(c4)CC(=O)N5)c(C(=O)Nc4ccccc4)n3)cc1)c1nnc(C)n1-2.S. The number of aryl methyl sites for hydroxylation is 2. The Balaban J connectivity index is 0.00000693. The number of hydrogen-bond donors (Lipinski definition) is 4. The summed E-state index contributed by atoms with van der Waals surface area (Å²) in [4.78, 5) is 50.1. The number of nitrogens with zero attached hydrogens (tertiary/aromatic N) is 5. The van der Waals surface area contributed by atoms with Crippen LogP contribution < -0.4 is 26.0 Å². The lowest BCUT2D eigenvalue weighted by atomic mass is 9.99. The predicted octanol–water partition coefficient (Wildman–Crippen LogP) is 9.29. The van der Waals surface area contributed by atoms with Crippen LogP contribution in [0.25, 0.3) is 16.1 Å². The zero-order chi connectivity index (χ0) is 49.3. The molecule has 0 fully saturated rings. The maximum Gasteiger partial charge on any atom is 0.274 e. The maximum absolute atomic E-state index is 13.6. The van der Waals surface area contributed by atoms with Crippen LogP contribution in [0.5, 0.6) is 5.75 Å². The molecule has 0 saturated heterocycles. The third-order valence-electron chi connectivity index (χ3n) is 11.9. The number of nitrogens with one attached hydrogen (secondary N) is 4. The lowest BCUT2D eigenvalue weighted by molar-refractivity contribution is -0.117. The first-order chi connectivity index (χ1) is 34.6. The summed E-state index contributed by atoms with van der Waals surface area (Å²) in [6.45, 7) is 9.27. The minimum atomic E-state index is -0.583. The molecule has 372 valence electrons. The minimum absolute atomic E-state index is 0. The summed E-state index contributed by atoms with van der Waals surface area (Å²) in [6.07, 6.45) is 0.349. The Morgan fingerprint density at radius 3 is 2.24 bits per heavy atom. The molecule has 0 aliphatic carbocycles. The van der Waals surface area contributed by atoms with Crippen LogP contribution in [-0.4, -0.2) is 96.0 Å². The largest absolute Gasteiger partial charge is 0.491 e. The fraction of sp³-hybridized carbons (Fsp3) is 0.264. The molecule has 4 aromatic carbocycles. The number of halogens is 1. The van der Waals surface area contributed by atoms with E-state index in [9.17, 15) is 14.4 Å². The van der Waals surface area contributed by atoms with Crippen LogP contribution in [-0.2, 0) is 30.2 Å². The van der Waals surface area contributed by atoms with E-state index in [1.807, 2.05) is 96.4 Å². The molecule has 19 heteroatoms. The summed E-state index contributed by atoms with van der Waals surface area (Å²) >= 11 is 7.92. The number of hydrogen-bond acceptors (Lipinski definition) is 13. The number of amides is 3. The first-order valence-electron chi connectivity index (χ1n) is 23.2. The third kappa shape index (κ3) is 12.4. The van der Waals surface area contributed by atoms with Crippen molar-refractivity contribution >= 4 is 82.7 Å². The smallest absolute Gasteiger partial charge is 0.274 e. The normalized spacial score (nSPS) is 13.4. The van der Waals surface area contributed by atoms with Crippen molar-refractivity contribution in [2.45, 2.75) is 39.7 Å². The van der Waals surface area contributed by atoms with Crippen LogP contribution >= 0.6 is 36.4 Å². The highest BCUT2D eigenvalue weighted by molar-refractivity contribution is 7.59. The number of thiophene rings is 1. The van der Waals surface area contributed by atoms with Gasteiger partial charge >= 0.3 is 0 Å². The second-order valence-electron chi connectivity index (χ2n) is 16.8. The highest BCUT2D eigenvalue weighted by Crippen LogP contribution is 2.40. The van der Waals surface area contributed by atoms with Crippen molar-refractivity contribution < 1.29 is 33.3 Å². The fourth-order valence-corrected chi connectivity index (χ4v) is 9.58. The monoisotopic (exact) mass is 1030 g/mol. The van der Waals surface area contributed by atoms with E-state index < -0.39 is 6.04 Å². The van der Waals surface area contributed by atoms with E-state index in [4.69, 9.17) is 35.5 Å². The molecule has 0 unspecified atom stereocenters. The second-order valence-corrected chi connectivity index (χ2v) is 18.4. The van der Waals surface area contributed by atoms with Gasteiger partial charge in [0.1, 0.15) is 40.7 Å². The summed E-state index contributed by atoms with van der Waals surface area (Å²) in [5.74, 6) is 1.90. The van der Waals surface area contributed by atoms with E-state index >= 15 is 0 Å². The van der Waals surface area contributed by atoms with Crippen molar-refractivity contribution in [3.05, 3.63) is 159 Å². The molecule has 5 heterocycles. The molecule has 2 aliphatic heterocycles. The van der Waals surface area contributed by atoms with Gasteiger partial charge in [-0.05, 0) is 110 Å². The number of rotatable bonds is 21. The van der Waals surface area contributed by atoms with E-state index in [1.54, 1.807) is 35.6 Å². The molecule has 72 heavy (non-hydrogen) atoms. The number of aromatic nitrogens is 4. The van der Waals surface area contributed by atoms with Crippen molar-refractivity contribution in [2.75, 3.05) is 74.1 Å². The van der Waals surface area contributed by atoms with Gasteiger partial charge < -0.3 is 40.2 Å². The Bertz CT molecular complexity index is 3070. The zero-order valence-electron chi connectivity index (χ0n) is 39.9. The van der Waals surface area contributed by atoms with Gasteiger partial charge in [0.2, 0.25) is 11.8 Å². The van der Waals surface area contributed by atoms with Crippen LogP contribution in [0.15, 0.2) is 114 Å². The fourth-order valence-electron chi connectivity index (χ4n) is 8.24. The van der Waals surface area contributed by atoms with Gasteiger partial charge in [-0.25, -0.2) is 4.98 Å². The van der Waals surface area contributed by atoms with Gasteiger partial charge in [-0.1, -0.05) is 48.0 Å². The van der Waals surface area contributed by atoms with Crippen LogP contribution in [0, 0.1) is 20.8 Å². The van der Waals surface area contributed by atoms with Crippen molar-refractivity contribution in [1.29, 1.82) is 0 Å². The number of pyridine rings is 1. The molecule has 7 aromatic rings. The first-order valence-corrected chi connectivity index (χ1v) is 24.4. The van der Waals surface area contributed by atoms with Crippen molar-refractivity contribution in [1.82, 2.24) is 19.7 Å². The summed E-state index contributed by atoms with van der Waals surface area (Å²) in [6, 6.07) is 32.8. The molecule has 3 aromatic heterocycles. The van der Waals surface area contributed by atoms with E-state index in [-0.39, 0.29) is 43.3 Å². The van der Waals surface area contributed by atoms with E-state index in [2.05, 4.69) is 50.3 Å². The van der Waals surface area contributed by atoms with Crippen LogP contribution in [0.4, 0.5) is 22.9 Å². The molecule has 2 aliphatic rings. The van der Waals surface area contributed by atoms with Gasteiger partial charge in [0, 0.05) is 50.2 Å². The van der Waals surface area contributed by atoms with Gasteiger partial charge in [0.15, 0.2) is 5.82 Å². The number of carbonyl (C=O) groups is 3. The highest BCUT2D eigenvalue weighted by Gasteiger charge is 2.32. The van der Waals surface area contributed by atoms with Gasteiger partial charge in [0.05, 0.1) is 58.2 Å². The molecular weight excluding hydrogens is 974 g/mol. The number of anilines is 4. The van der Waals surface area contributed by atoms with Crippen LogP contribution in [0.1, 0.15) is 61.7 Å². The first kappa shape index (κ1) is 51.4. The van der Waals surface area contributed by atoms with Crippen molar-refractivity contribution in [3.8, 4) is 21.9 Å². The number of fused-ring (bicyclic) bond motifs is 4. The van der Waals surface area contributed by atoms with Gasteiger partial charge in [-0.2, -0.15) is 13.5 Å². The molecule has 4 N–H and O–H groups in total. The molecule has 0 spiro atoms. The highest BCUT2D eigenvalue weighted by atomic mass is 35.5. The van der Waals surface area contributed by atoms with Crippen LogP contribution in [0.2, 0.25) is 5.02 Å². The number of ether oxygens (including phenoxy) is 4. The average molecular weight is 1030 g/mol. The van der Waals surface area contributed by atoms with E-state index in [1.165, 1.54) is 4.88 Å². The zero-order valence-corrected chi connectivity index (χ0v) is 42.5. The molecule has 9 rings (SSSR count). The maximum atomic E-state index is 13.6. The second kappa shape index (κ2) is 24.0. The van der Waals surface area contributed by atoms with Crippen molar-refractivity contribution in [2.24, 2.45) is 4.99 Å². The van der Waals surface area contributed by atoms with Crippen molar-refractivity contribution in [3.63, 3.8) is 0 Å². The average Bonchev–Trinajstić information content (AvgIpc) is 4.01. The molecule has 16 nitrogen and oxygen atoms in total. The van der Waals surface area contributed by atoms with Gasteiger partial charge in [-0.3, -0.25) is 23.9 Å². The molecular formula is C53H54ClN9O7S2. The Kier molecular flexibility index (Phi) is 17.1. The predicted molar refractivity (Wildman–Crippen MR) is 286 cm³/mol. The lowest BCUT2D eigenvalue weighted by Crippen LogP contribution is -2.18. The van der Waals surface area contributed by atoms with E-state index in [0.29, 0.717) is 98.6 Å². The Morgan fingerprint density at radius 2 is 1.49 bits per heavy atom. The Labute approximate surface area is 433 Å². The molecule has 0 saturated carbocycles. The Hall–Kier alpha value is -6.93. The van der Waals surface area contributed by atoms with Gasteiger partial charge in [0.25, 0.3) is 5.91 Å². The molecule has 0 bridgehead atoms. The third-order valence-corrected chi connectivity index (χ3v) is 13.3. The summed E-state index contributed by atoms with van der Waals surface area (Å²) in [5.41, 5.74) is 8.47. The number of carbonyl (C=O) groups excluding carboxylic acids is 3. The van der Waals surface area contributed by atoms with Crippen LogP contribution in [0.3, 0.4) is 0 Å². The van der Waals surface area contributed by atoms with E-state index in [0.717, 1.165) is 50.0 Å². The number of aliphatic imine (C=N–C) groups is 1. The summed E-state index contributed by atoms with van der Waals surface area (Å²) in [7, 11) is 0. The minimum Gasteiger partial charge on any atom is -0.491 e. The number of para-hydroxylation sites is 1. The molecule has 3 amide bonds. The quantitative estimate of drug-likeness (QED) is 0.0502.